The Kier molecular flexibility index (Phi) is 5.77. The molecule has 0 radical (unpaired) electrons. The highest BCUT2D eigenvalue weighted by atomic mass is 16.2. The average molecular weight is 318 g/mol. The molecule has 0 aliphatic carbocycles. The van der Waals surface area contributed by atoms with Gasteiger partial charge in [-0.3, -0.25) is 9.59 Å². The number of piperazine rings is 1. The summed E-state index contributed by atoms with van der Waals surface area (Å²) in [7, 11) is 0. The molecule has 0 aromatic heterocycles. The van der Waals surface area contributed by atoms with Gasteiger partial charge in [0.25, 0.3) is 5.91 Å². The Morgan fingerprint density at radius 3 is 2.43 bits per heavy atom. The second kappa shape index (κ2) is 7.59. The zero-order valence-corrected chi connectivity index (χ0v) is 14.6. The Morgan fingerprint density at radius 2 is 1.87 bits per heavy atom. The Bertz CT molecular complexity index is 578. The van der Waals surface area contributed by atoms with Crippen LogP contribution in [0.15, 0.2) is 18.2 Å². The lowest BCUT2D eigenvalue weighted by molar-refractivity contribution is -0.896. The molecule has 1 atom stereocenters. The molecule has 0 saturated carbocycles. The molecule has 5 heteroatoms. The first-order valence-electron chi connectivity index (χ1n) is 8.32. The van der Waals surface area contributed by atoms with Crippen LogP contribution in [0.1, 0.15) is 36.6 Å². The van der Waals surface area contributed by atoms with Crippen LogP contribution in [0.5, 0.6) is 0 Å². The predicted molar refractivity (Wildman–Crippen MR) is 90.3 cm³/mol. The molecule has 0 bridgehead atoms. The molecule has 0 unspecified atom stereocenters. The van der Waals surface area contributed by atoms with Crippen LogP contribution in [-0.4, -0.2) is 49.4 Å². The molecule has 1 aromatic rings. The quantitative estimate of drug-likeness (QED) is 0.835. The van der Waals surface area contributed by atoms with Crippen LogP contribution in [0.4, 0.5) is 0 Å². The van der Waals surface area contributed by atoms with Crippen molar-refractivity contribution in [3.8, 4) is 0 Å². The number of hydrogen-bond acceptors (Lipinski definition) is 2. The number of amides is 2. The van der Waals surface area contributed by atoms with Gasteiger partial charge >= 0.3 is 0 Å². The summed E-state index contributed by atoms with van der Waals surface area (Å²) in [6.07, 6.45) is 0. The first-order valence-corrected chi connectivity index (χ1v) is 8.32. The summed E-state index contributed by atoms with van der Waals surface area (Å²) in [4.78, 5) is 26.7. The third-order valence-corrected chi connectivity index (χ3v) is 4.73. The van der Waals surface area contributed by atoms with Crippen LogP contribution in [0.2, 0.25) is 0 Å². The summed E-state index contributed by atoms with van der Waals surface area (Å²) in [5, 5.41) is 3.08. The van der Waals surface area contributed by atoms with Crippen LogP contribution in [-0.2, 0) is 9.59 Å². The van der Waals surface area contributed by atoms with Crippen molar-refractivity contribution in [2.75, 3.05) is 32.7 Å². The SMILES string of the molecule is CC(=O)N1CC[NH+](CC(=O)N[C@@H](C)c2ccc(C)c(C)c2)CC1. The summed E-state index contributed by atoms with van der Waals surface area (Å²) in [6.45, 7) is 11.4. The van der Waals surface area contributed by atoms with Gasteiger partial charge < -0.3 is 15.1 Å². The fourth-order valence-electron chi connectivity index (χ4n) is 2.95. The van der Waals surface area contributed by atoms with Crippen molar-refractivity contribution in [2.24, 2.45) is 0 Å². The second-order valence-electron chi connectivity index (χ2n) is 6.57. The topological polar surface area (TPSA) is 53.9 Å². The maximum Gasteiger partial charge on any atom is 0.275 e. The zero-order valence-electron chi connectivity index (χ0n) is 14.6. The number of rotatable bonds is 4. The van der Waals surface area contributed by atoms with E-state index < -0.39 is 0 Å². The van der Waals surface area contributed by atoms with Crippen molar-refractivity contribution in [2.45, 2.75) is 33.7 Å². The first-order chi connectivity index (χ1) is 10.9. The van der Waals surface area contributed by atoms with Crippen molar-refractivity contribution < 1.29 is 14.5 Å². The van der Waals surface area contributed by atoms with E-state index in [0.29, 0.717) is 6.54 Å². The number of nitrogens with one attached hydrogen (secondary N) is 2. The smallest absolute Gasteiger partial charge is 0.275 e. The summed E-state index contributed by atoms with van der Waals surface area (Å²) in [5.74, 6) is 0.193. The molecule has 1 fully saturated rings. The molecule has 1 saturated heterocycles. The summed E-state index contributed by atoms with van der Waals surface area (Å²) < 4.78 is 0. The van der Waals surface area contributed by atoms with E-state index in [-0.39, 0.29) is 17.9 Å². The van der Waals surface area contributed by atoms with E-state index in [1.165, 1.54) is 16.0 Å². The van der Waals surface area contributed by atoms with Gasteiger partial charge in [-0.25, -0.2) is 0 Å². The molecule has 2 amide bonds. The molecular formula is C18H28N3O2+. The Hall–Kier alpha value is -1.88. The van der Waals surface area contributed by atoms with Crippen molar-refractivity contribution in [1.82, 2.24) is 10.2 Å². The molecule has 23 heavy (non-hydrogen) atoms. The summed E-state index contributed by atoms with van der Waals surface area (Å²) in [5.41, 5.74) is 3.65. The minimum atomic E-state index is 0.0136. The highest BCUT2D eigenvalue weighted by Gasteiger charge is 2.23. The lowest BCUT2D eigenvalue weighted by Gasteiger charge is -2.31. The van der Waals surface area contributed by atoms with Crippen molar-refractivity contribution in [3.05, 3.63) is 34.9 Å². The lowest BCUT2D eigenvalue weighted by Crippen LogP contribution is -3.15. The van der Waals surface area contributed by atoms with Crippen LogP contribution >= 0.6 is 0 Å². The molecule has 1 aromatic carbocycles. The predicted octanol–water partition coefficient (Wildman–Crippen LogP) is 0.228. The number of hydrogen-bond donors (Lipinski definition) is 2. The maximum absolute atomic E-state index is 12.2. The molecule has 2 N–H and O–H groups in total. The van der Waals surface area contributed by atoms with Crippen molar-refractivity contribution in [1.29, 1.82) is 0 Å². The number of carbonyl (C=O) groups is 2. The summed E-state index contributed by atoms with van der Waals surface area (Å²) in [6, 6.07) is 6.32. The lowest BCUT2D eigenvalue weighted by atomic mass is 10.0. The third-order valence-electron chi connectivity index (χ3n) is 4.73. The molecule has 2 rings (SSSR count). The van der Waals surface area contributed by atoms with E-state index in [1.54, 1.807) is 6.92 Å². The largest absolute Gasteiger partial charge is 0.345 e. The fraction of sp³-hybridized carbons (Fsp3) is 0.556. The number of nitrogens with zero attached hydrogens (tertiary/aromatic N) is 1. The molecule has 1 heterocycles. The van der Waals surface area contributed by atoms with Gasteiger partial charge in [0.2, 0.25) is 5.91 Å². The Morgan fingerprint density at radius 1 is 1.22 bits per heavy atom. The first kappa shape index (κ1) is 17.5. The van der Waals surface area contributed by atoms with Gasteiger partial charge in [-0.05, 0) is 37.5 Å². The average Bonchev–Trinajstić information content (AvgIpc) is 2.50. The normalized spacial score (nSPS) is 17.0. The van der Waals surface area contributed by atoms with E-state index in [1.807, 2.05) is 11.8 Å². The van der Waals surface area contributed by atoms with Gasteiger partial charge in [0.1, 0.15) is 0 Å². The van der Waals surface area contributed by atoms with Crippen LogP contribution in [0.3, 0.4) is 0 Å². The van der Waals surface area contributed by atoms with E-state index in [2.05, 4.69) is 37.4 Å². The Balaban J connectivity index is 1.82. The van der Waals surface area contributed by atoms with Gasteiger partial charge in [0, 0.05) is 6.92 Å². The van der Waals surface area contributed by atoms with Gasteiger partial charge in [-0.1, -0.05) is 18.2 Å². The number of benzene rings is 1. The molecule has 1 aliphatic rings. The monoisotopic (exact) mass is 318 g/mol. The third kappa shape index (κ3) is 4.79. The van der Waals surface area contributed by atoms with Crippen LogP contribution in [0, 0.1) is 13.8 Å². The highest BCUT2D eigenvalue weighted by molar-refractivity contribution is 5.77. The van der Waals surface area contributed by atoms with Gasteiger partial charge in [-0.15, -0.1) is 0 Å². The number of quaternary nitrogens is 1. The van der Waals surface area contributed by atoms with E-state index >= 15 is 0 Å². The fourth-order valence-corrected chi connectivity index (χ4v) is 2.95. The second-order valence-corrected chi connectivity index (χ2v) is 6.57. The number of aryl methyl sites for hydroxylation is 2. The van der Waals surface area contributed by atoms with Crippen LogP contribution in [0.25, 0.3) is 0 Å². The molecular weight excluding hydrogens is 290 g/mol. The standard InChI is InChI=1S/C18H27N3O2/c1-13-5-6-17(11-14(13)2)15(3)19-18(23)12-20-7-9-21(10-8-20)16(4)22/h5-6,11,15H,7-10,12H2,1-4H3,(H,19,23)/p+1/t15-/m0/s1. The number of carbonyl (C=O) groups excluding carboxylic acids is 2. The van der Waals surface area contributed by atoms with E-state index in [0.717, 1.165) is 31.7 Å². The molecule has 1 aliphatic heterocycles. The molecule has 0 spiro atoms. The van der Waals surface area contributed by atoms with E-state index in [4.69, 9.17) is 0 Å². The molecule has 5 nitrogen and oxygen atoms in total. The minimum absolute atomic E-state index is 0.0136. The van der Waals surface area contributed by atoms with Crippen molar-refractivity contribution >= 4 is 11.8 Å². The minimum Gasteiger partial charge on any atom is -0.345 e. The van der Waals surface area contributed by atoms with Gasteiger partial charge in [0.05, 0.1) is 32.2 Å². The summed E-state index contributed by atoms with van der Waals surface area (Å²) >= 11 is 0. The van der Waals surface area contributed by atoms with Gasteiger partial charge in [-0.2, -0.15) is 0 Å². The maximum atomic E-state index is 12.2. The Labute approximate surface area is 138 Å². The van der Waals surface area contributed by atoms with Crippen molar-refractivity contribution in [3.63, 3.8) is 0 Å². The van der Waals surface area contributed by atoms with Gasteiger partial charge in [0.15, 0.2) is 6.54 Å². The zero-order chi connectivity index (χ0) is 17.0. The van der Waals surface area contributed by atoms with E-state index in [9.17, 15) is 9.59 Å². The highest BCUT2D eigenvalue weighted by Crippen LogP contribution is 2.16. The van der Waals surface area contributed by atoms with Crippen LogP contribution < -0.4 is 10.2 Å². The molecule has 126 valence electrons.